The molecule has 1 aromatic rings. The number of aryl methyl sites for hydroxylation is 1. The van der Waals surface area contributed by atoms with Gasteiger partial charge in [-0.1, -0.05) is 29.8 Å². The first-order chi connectivity index (χ1) is 9.13. The lowest BCUT2D eigenvalue weighted by Crippen LogP contribution is -2.39. The van der Waals surface area contributed by atoms with Gasteiger partial charge in [-0.05, 0) is 12.5 Å². The van der Waals surface area contributed by atoms with Gasteiger partial charge in [-0.2, -0.15) is 5.10 Å². The summed E-state index contributed by atoms with van der Waals surface area (Å²) in [5.41, 5.74) is 4.13. The number of hydrogen-bond acceptors (Lipinski definition) is 4. The summed E-state index contributed by atoms with van der Waals surface area (Å²) < 4.78 is 4.74. The Hall–Kier alpha value is -2.21. The van der Waals surface area contributed by atoms with Gasteiger partial charge in [-0.15, -0.1) is 0 Å². The van der Waals surface area contributed by atoms with Crippen LogP contribution in [0.2, 0.25) is 0 Å². The van der Waals surface area contributed by atoms with Gasteiger partial charge < -0.3 is 10.1 Å². The first-order valence-electron chi connectivity index (χ1n) is 5.80. The molecule has 0 heterocycles. The van der Waals surface area contributed by atoms with Crippen molar-refractivity contribution in [1.29, 1.82) is 0 Å². The molecule has 6 nitrogen and oxygen atoms in total. The van der Waals surface area contributed by atoms with Crippen LogP contribution in [0.25, 0.3) is 0 Å². The Labute approximate surface area is 111 Å². The minimum Gasteiger partial charge on any atom is -0.383 e. The van der Waals surface area contributed by atoms with E-state index >= 15 is 0 Å². The van der Waals surface area contributed by atoms with Crippen LogP contribution in [0.15, 0.2) is 29.4 Å². The standard InChI is InChI=1S/C13H17N3O3/c1-10-3-5-11(6-4-10)9-15-16-13(18)12(17)14-7-8-19-2/h3-6,9H,7-8H2,1-2H3,(H,14,17)(H,16,18)/b15-9+. The van der Waals surface area contributed by atoms with Crippen LogP contribution in [-0.2, 0) is 14.3 Å². The van der Waals surface area contributed by atoms with Crippen LogP contribution in [0.5, 0.6) is 0 Å². The van der Waals surface area contributed by atoms with E-state index < -0.39 is 11.8 Å². The number of amides is 2. The van der Waals surface area contributed by atoms with Gasteiger partial charge in [0.15, 0.2) is 0 Å². The number of rotatable bonds is 5. The molecule has 6 heteroatoms. The summed E-state index contributed by atoms with van der Waals surface area (Å²) in [6, 6.07) is 7.59. The lowest BCUT2D eigenvalue weighted by molar-refractivity contribution is -0.139. The van der Waals surface area contributed by atoms with Crippen molar-refractivity contribution >= 4 is 18.0 Å². The van der Waals surface area contributed by atoms with Gasteiger partial charge in [0, 0.05) is 13.7 Å². The van der Waals surface area contributed by atoms with Crippen LogP contribution in [0.4, 0.5) is 0 Å². The molecule has 0 bridgehead atoms. The molecule has 0 saturated carbocycles. The molecular formula is C13H17N3O3. The van der Waals surface area contributed by atoms with Crippen molar-refractivity contribution in [3.05, 3.63) is 35.4 Å². The maximum Gasteiger partial charge on any atom is 0.329 e. The molecule has 0 aliphatic carbocycles. The fraction of sp³-hybridized carbons (Fsp3) is 0.308. The molecule has 102 valence electrons. The van der Waals surface area contributed by atoms with E-state index in [2.05, 4.69) is 15.8 Å². The topological polar surface area (TPSA) is 79.8 Å². The Kier molecular flexibility index (Phi) is 6.25. The third-order valence-corrected chi connectivity index (χ3v) is 2.26. The van der Waals surface area contributed by atoms with Crippen molar-refractivity contribution in [1.82, 2.24) is 10.7 Å². The molecule has 0 atom stereocenters. The summed E-state index contributed by atoms with van der Waals surface area (Å²) in [6.45, 7) is 2.61. The third-order valence-electron chi connectivity index (χ3n) is 2.26. The fourth-order valence-corrected chi connectivity index (χ4v) is 1.22. The van der Waals surface area contributed by atoms with E-state index in [0.717, 1.165) is 11.1 Å². The van der Waals surface area contributed by atoms with Gasteiger partial charge >= 0.3 is 11.8 Å². The highest BCUT2D eigenvalue weighted by Gasteiger charge is 2.10. The minimum absolute atomic E-state index is 0.282. The smallest absolute Gasteiger partial charge is 0.329 e. The van der Waals surface area contributed by atoms with E-state index in [1.54, 1.807) is 0 Å². The Balaban J connectivity index is 2.36. The molecule has 0 aliphatic rings. The second-order valence-electron chi connectivity index (χ2n) is 3.86. The quantitative estimate of drug-likeness (QED) is 0.345. The molecular weight excluding hydrogens is 246 g/mol. The lowest BCUT2D eigenvalue weighted by Gasteiger charge is -2.02. The second kappa shape index (κ2) is 7.99. The van der Waals surface area contributed by atoms with Gasteiger partial charge in [-0.3, -0.25) is 9.59 Å². The maximum atomic E-state index is 11.3. The molecule has 2 amide bonds. The first kappa shape index (κ1) is 14.8. The molecule has 2 N–H and O–H groups in total. The van der Waals surface area contributed by atoms with Crippen LogP contribution >= 0.6 is 0 Å². The molecule has 0 aromatic heterocycles. The number of hydrogen-bond donors (Lipinski definition) is 2. The largest absolute Gasteiger partial charge is 0.383 e. The van der Waals surface area contributed by atoms with Gasteiger partial charge in [0.2, 0.25) is 0 Å². The summed E-state index contributed by atoms with van der Waals surface area (Å²) >= 11 is 0. The van der Waals surface area contributed by atoms with Crippen molar-refractivity contribution in [3.63, 3.8) is 0 Å². The normalized spacial score (nSPS) is 10.4. The summed E-state index contributed by atoms with van der Waals surface area (Å²) in [5, 5.41) is 6.09. The number of nitrogens with zero attached hydrogens (tertiary/aromatic N) is 1. The van der Waals surface area contributed by atoms with Crippen LogP contribution in [-0.4, -0.2) is 38.3 Å². The third kappa shape index (κ3) is 5.78. The number of methoxy groups -OCH3 is 1. The highest BCUT2D eigenvalue weighted by atomic mass is 16.5. The van der Waals surface area contributed by atoms with E-state index in [1.165, 1.54) is 13.3 Å². The highest BCUT2D eigenvalue weighted by molar-refractivity contribution is 6.35. The monoisotopic (exact) mass is 263 g/mol. The number of benzene rings is 1. The summed E-state index contributed by atoms with van der Waals surface area (Å²) in [6.07, 6.45) is 1.47. The summed E-state index contributed by atoms with van der Waals surface area (Å²) in [7, 11) is 1.51. The number of ether oxygens (including phenoxy) is 1. The van der Waals surface area contributed by atoms with Crippen LogP contribution in [0.3, 0.4) is 0 Å². The number of carbonyl (C=O) groups excluding carboxylic acids is 2. The SMILES string of the molecule is COCCNC(=O)C(=O)N/N=C/c1ccc(C)cc1. The van der Waals surface area contributed by atoms with Crippen LogP contribution < -0.4 is 10.7 Å². The van der Waals surface area contributed by atoms with Gasteiger partial charge in [-0.25, -0.2) is 5.43 Å². The van der Waals surface area contributed by atoms with E-state index in [4.69, 9.17) is 4.74 Å². The predicted octanol–water partition coefficient (Wildman–Crippen LogP) is 0.208. The van der Waals surface area contributed by atoms with Gasteiger partial charge in [0.25, 0.3) is 0 Å². The van der Waals surface area contributed by atoms with Crippen molar-refractivity contribution in [2.75, 3.05) is 20.3 Å². The molecule has 0 unspecified atom stereocenters. The molecule has 0 aliphatic heterocycles. The van der Waals surface area contributed by atoms with E-state index in [-0.39, 0.29) is 6.54 Å². The summed E-state index contributed by atoms with van der Waals surface area (Å²) in [4.78, 5) is 22.6. The van der Waals surface area contributed by atoms with E-state index in [0.29, 0.717) is 6.61 Å². The first-order valence-corrected chi connectivity index (χ1v) is 5.80. The Morgan fingerprint density at radius 3 is 2.58 bits per heavy atom. The molecule has 1 rings (SSSR count). The zero-order valence-corrected chi connectivity index (χ0v) is 11.0. The lowest BCUT2D eigenvalue weighted by atomic mass is 10.2. The van der Waals surface area contributed by atoms with Crippen molar-refractivity contribution in [2.24, 2.45) is 5.10 Å². The van der Waals surface area contributed by atoms with Crippen molar-refractivity contribution < 1.29 is 14.3 Å². The zero-order chi connectivity index (χ0) is 14.1. The van der Waals surface area contributed by atoms with Crippen LogP contribution in [0, 0.1) is 6.92 Å². The Morgan fingerprint density at radius 2 is 1.95 bits per heavy atom. The average molecular weight is 263 g/mol. The summed E-state index contributed by atoms with van der Waals surface area (Å²) in [5.74, 6) is -1.54. The Bertz CT molecular complexity index is 455. The van der Waals surface area contributed by atoms with Crippen LogP contribution in [0.1, 0.15) is 11.1 Å². The molecule has 1 aromatic carbocycles. The fourth-order valence-electron chi connectivity index (χ4n) is 1.22. The predicted molar refractivity (Wildman–Crippen MR) is 71.8 cm³/mol. The molecule has 0 saturated heterocycles. The minimum atomic E-state index is -0.806. The van der Waals surface area contributed by atoms with Gasteiger partial charge in [0.05, 0.1) is 12.8 Å². The number of nitrogens with one attached hydrogen (secondary N) is 2. The van der Waals surface area contributed by atoms with Crippen molar-refractivity contribution in [3.8, 4) is 0 Å². The molecule has 0 radical (unpaired) electrons. The molecule has 19 heavy (non-hydrogen) atoms. The number of hydrazone groups is 1. The van der Waals surface area contributed by atoms with Gasteiger partial charge in [0.1, 0.15) is 0 Å². The van der Waals surface area contributed by atoms with E-state index in [9.17, 15) is 9.59 Å². The molecule has 0 spiro atoms. The zero-order valence-electron chi connectivity index (χ0n) is 11.0. The van der Waals surface area contributed by atoms with Crippen molar-refractivity contribution in [2.45, 2.75) is 6.92 Å². The maximum absolute atomic E-state index is 11.3. The highest BCUT2D eigenvalue weighted by Crippen LogP contribution is 1.99. The Morgan fingerprint density at radius 1 is 1.26 bits per heavy atom. The second-order valence-corrected chi connectivity index (χ2v) is 3.86. The number of carbonyl (C=O) groups is 2. The van der Waals surface area contributed by atoms with E-state index in [1.807, 2.05) is 31.2 Å². The molecule has 0 fully saturated rings. The average Bonchev–Trinajstić information content (AvgIpc) is 2.41.